The molecule has 3 aliphatic carbocycles. The van der Waals surface area contributed by atoms with Crippen molar-refractivity contribution in [2.45, 2.75) is 50.5 Å². The zero-order chi connectivity index (χ0) is 17.9. The van der Waals surface area contributed by atoms with E-state index in [4.69, 9.17) is 0 Å². The molecule has 4 aliphatic rings. The lowest BCUT2D eigenvalue weighted by Crippen LogP contribution is -2.59. The molecule has 1 aliphatic heterocycles. The number of nitrogens with zero attached hydrogens (tertiary/aromatic N) is 1. The van der Waals surface area contributed by atoms with E-state index in [1.165, 1.54) is 32.1 Å². The molecule has 4 atom stereocenters. The van der Waals surface area contributed by atoms with Gasteiger partial charge in [0.15, 0.2) is 0 Å². The Labute approximate surface area is 153 Å². The van der Waals surface area contributed by atoms with Gasteiger partial charge < -0.3 is 5.32 Å². The lowest BCUT2D eigenvalue weighted by molar-refractivity contribution is -0.125. The van der Waals surface area contributed by atoms with Gasteiger partial charge in [-0.3, -0.25) is 19.3 Å². The highest BCUT2D eigenvalue weighted by Crippen LogP contribution is 2.56. The van der Waals surface area contributed by atoms with Crippen molar-refractivity contribution in [2.24, 2.45) is 17.8 Å². The molecule has 5 rings (SSSR count). The van der Waals surface area contributed by atoms with Gasteiger partial charge in [-0.15, -0.1) is 0 Å². The molecule has 26 heavy (non-hydrogen) atoms. The Bertz CT molecular complexity index is 769. The van der Waals surface area contributed by atoms with Crippen molar-refractivity contribution in [3.05, 3.63) is 35.4 Å². The van der Waals surface area contributed by atoms with Crippen molar-refractivity contribution in [3.63, 3.8) is 0 Å². The van der Waals surface area contributed by atoms with Crippen LogP contribution >= 0.6 is 0 Å². The first-order valence-electron chi connectivity index (χ1n) is 9.84. The Morgan fingerprint density at radius 1 is 1.08 bits per heavy atom. The van der Waals surface area contributed by atoms with Crippen molar-refractivity contribution >= 4 is 17.7 Å². The molecule has 1 heterocycles. The summed E-state index contributed by atoms with van der Waals surface area (Å²) in [6.07, 6.45) is 8.31. The molecular formula is C21H24N2O3. The second-order valence-electron chi connectivity index (χ2n) is 8.57. The molecule has 3 fully saturated rings. The van der Waals surface area contributed by atoms with E-state index in [2.05, 4.69) is 5.32 Å². The number of nitrogens with one attached hydrogen (secondary N) is 1. The van der Waals surface area contributed by atoms with Gasteiger partial charge in [0, 0.05) is 5.54 Å². The number of imide groups is 1. The standard InChI is InChI=1S/C21H24N2O3/c24-18(12-23-19(25)16-5-1-2-6-17(16)20(23)26)22-21-9-3-4-14(11-21)13-7-8-15(21)10-13/h1-2,5-6,13-15H,3-4,7-12H2,(H,22,24). The number of hydrogen-bond acceptors (Lipinski definition) is 3. The van der Waals surface area contributed by atoms with Crippen LogP contribution in [0.3, 0.4) is 0 Å². The highest BCUT2D eigenvalue weighted by molar-refractivity contribution is 6.22. The summed E-state index contributed by atoms with van der Waals surface area (Å²) >= 11 is 0. The van der Waals surface area contributed by atoms with Crippen LogP contribution in [0.1, 0.15) is 65.7 Å². The van der Waals surface area contributed by atoms with Gasteiger partial charge >= 0.3 is 0 Å². The molecule has 0 saturated heterocycles. The fraction of sp³-hybridized carbons (Fsp3) is 0.571. The minimum atomic E-state index is -0.357. The number of carbonyl (C=O) groups excluding carboxylic acids is 3. The second-order valence-corrected chi connectivity index (χ2v) is 8.57. The van der Waals surface area contributed by atoms with Gasteiger partial charge in [-0.1, -0.05) is 25.0 Å². The smallest absolute Gasteiger partial charge is 0.262 e. The van der Waals surface area contributed by atoms with Crippen molar-refractivity contribution in [2.75, 3.05) is 6.54 Å². The molecule has 136 valence electrons. The number of fused-ring (bicyclic) bond motifs is 7. The third-order valence-electron chi connectivity index (χ3n) is 7.31. The molecule has 3 amide bonds. The van der Waals surface area contributed by atoms with Crippen LogP contribution in [-0.4, -0.2) is 34.7 Å². The average molecular weight is 352 g/mol. The van der Waals surface area contributed by atoms with Crippen LogP contribution in [0.2, 0.25) is 0 Å². The summed E-state index contributed by atoms with van der Waals surface area (Å²) in [7, 11) is 0. The Morgan fingerprint density at radius 3 is 2.54 bits per heavy atom. The summed E-state index contributed by atoms with van der Waals surface area (Å²) in [4.78, 5) is 38.9. The Kier molecular flexibility index (Phi) is 3.49. The summed E-state index contributed by atoms with van der Waals surface area (Å²) in [6, 6.07) is 6.79. The normalized spacial score (nSPS) is 34.8. The molecule has 5 heteroatoms. The topological polar surface area (TPSA) is 66.5 Å². The minimum Gasteiger partial charge on any atom is -0.349 e. The minimum absolute atomic E-state index is 0.105. The Balaban J connectivity index is 1.33. The molecule has 1 aromatic carbocycles. The molecule has 0 spiro atoms. The van der Waals surface area contributed by atoms with Crippen LogP contribution in [-0.2, 0) is 4.79 Å². The molecule has 5 nitrogen and oxygen atoms in total. The van der Waals surface area contributed by atoms with Crippen LogP contribution in [0, 0.1) is 17.8 Å². The first kappa shape index (κ1) is 16.0. The second kappa shape index (κ2) is 5.66. The van der Waals surface area contributed by atoms with E-state index in [1.54, 1.807) is 24.3 Å². The number of amides is 3. The predicted molar refractivity (Wildman–Crippen MR) is 95.5 cm³/mol. The quantitative estimate of drug-likeness (QED) is 0.851. The largest absolute Gasteiger partial charge is 0.349 e. The molecule has 0 radical (unpaired) electrons. The predicted octanol–water partition coefficient (Wildman–Crippen LogP) is 2.76. The fourth-order valence-corrected chi connectivity index (χ4v) is 6.13. The third kappa shape index (κ3) is 2.25. The van der Waals surface area contributed by atoms with Gasteiger partial charge in [-0.05, 0) is 62.0 Å². The monoisotopic (exact) mass is 352 g/mol. The SMILES string of the molecule is O=C(CN1C(=O)c2ccccc2C1=O)NC12CCCC(C1)C1CCC2C1. The highest BCUT2D eigenvalue weighted by atomic mass is 16.2. The van der Waals surface area contributed by atoms with E-state index < -0.39 is 0 Å². The summed E-state index contributed by atoms with van der Waals surface area (Å²) in [5, 5.41) is 3.30. The Morgan fingerprint density at radius 2 is 1.81 bits per heavy atom. The number of carbonyl (C=O) groups is 3. The van der Waals surface area contributed by atoms with Crippen LogP contribution in [0.4, 0.5) is 0 Å². The van der Waals surface area contributed by atoms with Gasteiger partial charge in [0.05, 0.1) is 11.1 Å². The van der Waals surface area contributed by atoms with Gasteiger partial charge in [0.25, 0.3) is 11.8 Å². The van der Waals surface area contributed by atoms with E-state index in [0.717, 1.165) is 29.6 Å². The molecule has 0 aromatic heterocycles. The maximum atomic E-state index is 12.8. The first-order chi connectivity index (χ1) is 12.6. The fourth-order valence-electron chi connectivity index (χ4n) is 6.13. The molecular weight excluding hydrogens is 328 g/mol. The van der Waals surface area contributed by atoms with Crippen LogP contribution in [0.15, 0.2) is 24.3 Å². The summed E-state index contributed by atoms with van der Waals surface area (Å²) in [5.74, 6) is 1.25. The van der Waals surface area contributed by atoms with E-state index in [1.807, 2.05) is 0 Å². The average Bonchev–Trinajstić information content (AvgIpc) is 3.20. The van der Waals surface area contributed by atoms with Gasteiger partial charge in [-0.2, -0.15) is 0 Å². The zero-order valence-corrected chi connectivity index (χ0v) is 14.9. The van der Waals surface area contributed by atoms with Crippen molar-refractivity contribution in [1.29, 1.82) is 0 Å². The van der Waals surface area contributed by atoms with Gasteiger partial charge in [0.2, 0.25) is 5.91 Å². The lowest BCUT2D eigenvalue weighted by Gasteiger charge is -2.50. The number of benzene rings is 1. The highest BCUT2D eigenvalue weighted by Gasteiger charge is 2.53. The lowest BCUT2D eigenvalue weighted by atomic mass is 9.61. The number of hydrogen-bond donors (Lipinski definition) is 1. The molecule has 4 bridgehead atoms. The van der Waals surface area contributed by atoms with Gasteiger partial charge in [-0.25, -0.2) is 0 Å². The van der Waals surface area contributed by atoms with Crippen molar-refractivity contribution < 1.29 is 14.4 Å². The van der Waals surface area contributed by atoms with Crippen LogP contribution < -0.4 is 5.32 Å². The maximum absolute atomic E-state index is 12.8. The van der Waals surface area contributed by atoms with Crippen LogP contribution in [0.25, 0.3) is 0 Å². The summed E-state index contributed by atoms with van der Waals surface area (Å²) in [5.41, 5.74) is 0.695. The molecule has 3 saturated carbocycles. The summed E-state index contributed by atoms with van der Waals surface area (Å²) in [6.45, 7) is -0.172. The molecule has 4 unspecified atom stereocenters. The molecule has 1 N–H and O–H groups in total. The zero-order valence-electron chi connectivity index (χ0n) is 14.9. The third-order valence-corrected chi connectivity index (χ3v) is 7.31. The Hall–Kier alpha value is -2.17. The van der Waals surface area contributed by atoms with Crippen molar-refractivity contribution in [1.82, 2.24) is 10.2 Å². The van der Waals surface area contributed by atoms with Crippen LogP contribution in [0.5, 0.6) is 0 Å². The number of rotatable bonds is 3. The van der Waals surface area contributed by atoms with Crippen molar-refractivity contribution in [3.8, 4) is 0 Å². The molecule has 1 aromatic rings. The van der Waals surface area contributed by atoms with E-state index >= 15 is 0 Å². The summed E-state index contributed by atoms with van der Waals surface area (Å²) < 4.78 is 0. The maximum Gasteiger partial charge on any atom is 0.262 e. The van der Waals surface area contributed by atoms with E-state index in [-0.39, 0.29) is 29.8 Å². The first-order valence-corrected chi connectivity index (χ1v) is 9.84. The van der Waals surface area contributed by atoms with E-state index in [9.17, 15) is 14.4 Å². The van der Waals surface area contributed by atoms with Gasteiger partial charge in [0.1, 0.15) is 6.54 Å². The van der Waals surface area contributed by atoms with E-state index in [0.29, 0.717) is 17.0 Å².